The van der Waals surface area contributed by atoms with Crippen LogP contribution in [0.4, 0.5) is 0 Å². The van der Waals surface area contributed by atoms with Crippen LogP contribution in [0.3, 0.4) is 0 Å². The molecule has 0 radical (unpaired) electrons. The minimum Gasteiger partial charge on any atom is -0.487 e. The van der Waals surface area contributed by atoms with Crippen molar-refractivity contribution in [3.8, 4) is 17.2 Å². The fourth-order valence-electron chi connectivity index (χ4n) is 1.70. The zero-order chi connectivity index (χ0) is 15.9. The first-order valence-corrected chi connectivity index (χ1v) is 7.72. The fraction of sp³-hybridized carbons (Fsp3) is 0.118. The first-order chi connectivity index (χ1) is 10.5. The van der Waals surface area contributed by atoms with Crippen LogP contribution in [0.2, 0.25) is 0 Å². The van der Waals surface area contributed by atoms with Crippen LogP contribution in [0.1, 0.15) is 6.92 Å². The first-order valence-electron chi connectivity index (χ1n) is 6.64. The van der Waals surface area contributed by atoms with Crippen LogP contribution in [-0.4, -0.2) is 17.2 Å². The summed E-state index contributed by atoms with van der Waals surface area (Å²) in [6, 6.07) is 15.0. The molecular formula is C17H15IO4. The average molecular weight is 410 g/mol. The Kier molecular flexibility index (Phi) is 5.83. The number of hydrogen-bond donors (Lipinski definition) is 1. The van der Waals surface area contributed by atoms with Gasteiger partial charge in [0, 0.05) is 9.65 Å². The second kappa shape index (κ2) is 7.84. The summed E-state index contributed by atoms with van der Waals surface area (Å²) < 4.78 is 12.5. The van der Waals surface area contributed by atoms with Gasteiger partial charge in [-0.15, -0.1) is 0 Å². The summed E-state index contributed by atoms with van der Waals surface area (Å²) in [6.45, 7) is 1.77. The molecule has 0 amide bonds. The highest BCUT2D eigenvalue weighted by molar-refractivity contribution is 14.1. The number of hydrogen-bond acceptors (Lipinski definition) is 3. The van der Waals surface area contributed by atoms with E-state index < -0.39 is 5.97 Å². The number of benzene rings is 2. The number of aliphatic carboxylic acids is 1. The quantitative estimate of drug-likeness (QED) is 0.563. The molecule has 0 aromatic heterocycles. The zero-order valence-corrected chi connectivity index (χ0v) is 14.1. The van der Waals surface area contributed by atoms with Gasteiger partial charge in [0.05, 0.1) is 0 Å². The third-order valence-electron chi connectivity index (χ3n) is 2.70. The van der Waals surface area contributed by atoms with Crippen LogP contribution in [-0.2, 0) is 4.79 Å². The fourth-order valence-corrected chi connectivity index (χ4v) is 2.06. The first kappa shape index (κ1) is 16.4. The number of carboxylic acid groups (broad SMARTS) is 1. The molecule has 0 saturated carbocycles. The Balaban J connectivity index is 1.95. The van der Waals surface area contributed by atoms with Gasteiger partial charge in [-0.2, -0.15) is 0 Å². The van der Waals surface area contributed by atoms with Crippen LogP contribution in [0.25, 0.3) is 0 Å². The molecule has 1 atom stereocenters. The Morgan fingerprint density at radius 2 is 1.55 bits per heavy atom. The second-order valence-electron chi connectivity index (χ2n) is 4.55. The van der Waals surface area contributed by atoms with Crippen molar-refractivity contribution in [2.45, 2.75) is 13.0 Å². The van der Waals surface area contributed by atoms with E-state index in [2.05, 4.69) is 22.6 Å². The van der Waals surface area contributed by atoms with E-state index in [9.17, 15) is 4.79 Å². The van der Waals surface area contributed by atoms with E-state index in [1.165, 1.54) is 6.08 Å². The molecule has 4 nitrogen and oxygen atoms in total. The summed E-state index contributed by atoms with van der Waals surface area (Å²) in [6.07, 6.45) is 2.23. The Morgan fingerprint density at radius 1 is 1.05 bits per heavy atom. The van der Waals surface area contributed by atoms with E-state index in [0.717, 1.165) is 15.4 Å². The van der Waals surface area contributed by atoms with Crippen LogP contribution < -0.4 is 9.47 Å². The molecule has 2 aromatic carbocycles. The Hall–Kier alpha value is -2.02. The van der Waals surface area contributed by atoms with Gasteiger partial charge in [-0.1, -0.05) is 0 Å². The summed E-state index contributed by atoms with van der Waals surface area (Å²) in [5.74, 6) is 1.14. The maximum atomic E-state index is 10.4. The standard InChI is InChI=1S/C17H15IO4/c1-12(2-11-17(19)20)21-14-7-9-16(10-8-14)22-15-5-3-13(18)4-6-15/h2-12H,1H3,(H,19,20). The maximum absolute atomic E-state index is 10.4. The number of carboxylic acids is 1. The van der Waals surface area contributed by atoms with Gasteiger partial charge in [-0.05, 0) is 84.1 Å². The van der Waals surface area contributed by atoms with E-state index in [1.807, 2.05) is 24.3 Å². The lowest BCUT2D eigenvalue weighted by Gasteiger charge is -2.11. The topological polar surface area (TPSA) is 55.8 Å². The lowest BCUT2D eigenvalue weighted by molar-refractivity contribution is -0.131. The summed E-state index contributed by atoms with van der Waals surface area (Å²) in [5, 5.41) is 8.56. The molecule has 0 saturated heterocycles. The molecule has 0 heterocycles. The van der Waals surface area contributed by atoms with Crippen molar-refractivity contribution in [2.75, 3.05) is 0 Å². The monoisotopic (exact) mass is 410 g/mol. The Labute approximate surface area is 142 Å². The van der Waals surface area contributed by atoms with Crippen molar-refractivity contribution in [1.82, 2.24) is 0 Å². The number of rotatable bonds is 6. The summed E-state index contributed by atoms with van der Waals surface area (Å²) in [4.78, 5) is 10.4. The SMILES string of the molecule is CC(C=CC(=O)O)Oc1ccc(Oc2ccc(I)cc2)cc1. The highest BCUT2D eigenvalue weighted by Gasteiger charge is 2.02. The van der Waals surface area contributed by atoms with Crippen LogP contribution in [0.5, 0.6) is 17.2 Å². The van der Waals surface area contributed by atoms with Gasteiger partial charge in [-0.3, -0.25) is 0 Å². The van der Waals surface area contributed by atoms with Crippen molar-refractivity contribution >= 4 is 28.6 Å². The largest absolute Gasteiger partial charge is 0.487 e. The normalized spacial score (nSPS) is 12.1. The second-order valence-corrected chi connectivity index (χ2v) is 5.79. The lowest BCUT2D eigenvalue weighted by Crippen LogP contribution is -2.08. The molecule has 2 rings (SSSR count). The van der Waals surface area contributed by atoms with Crippen molar-refractivity contribution in [1.29, 1.82) is 0 Å². The molecular weight excluding hydrogens is 395 g/mol. The van der Waals surface area contributed by atoms with Crippen molar-refractivity contribution < 1.29 is 19.4 Å². The molecule has 1 unspecified atom stereocenters. The third-order valence-corrected chi connectivity index (χ3v) is 3.42. The van der Waals surface area contributed by atoms with E-state index in [1.54, 1.807) is 31.2 Å². The van der Waals surface area contributed by atoms with Crippen molar-refractivity contribution in [2.24, 2.45) is 0 Å². The molecule has 0 spiro atoms. The number of ether oxygens (including phenoxy) is 2. The molecule has 0 bridgehead atoms. The van der Waals surface area contributed by atoms with E-state index in [-0.39, 0.29) is 6.10 Å². The molecule has 22 heavy (non-hydrogen) atoms. The summed E-state index contributed by atoms with van der Waals surface area (Å²) >= 11 is 2.24. The van der Waals surface area contributed by atoms with Gasteiger partial charge >= 0.3 is 5.97 Å². The number of halogens is 1. The lowest BCUT2D eigenvalue weighted by atomic mass is 10.3. The molecule has 1 N–H and O–H groups in total. The van der Waals surface area contributed by atoms with Gasteiger partial charge in [-0.25, -0.2) is 4.79 Å². The predicted octanol–water partition coefficient (Wildman–Crippen LogP) is 4.49. The number of carbonyl (C=O) groups is 1. The summed E-state index contributed by atoms with van der Waals surface area (Å²) in [7, 11) is 0. The van der Waals surface area contributed by atoms with Crippen LogP contribution in [0.15, 0.2) is 60.7 Å². The van der Waals surface area contributed by atoms with Gasteiger partial charge in [0.1, 0.15) is 23.4 Å². The smallest absolute Gasteiger partial charge is 0.328 e. The van der Waals surface area contributed by atoms with Gasteiger partial charge < -0.3 is 14.6 Å². The van der Waals surface area contributed by atoms with Gasteiger partial charge in [0.25, 0.3) is 0 Å². The molecule has 0 aliphatic heterocycles. The van der Waals surface area contributed by atoms with E-state index in [0.29, 0.717) is 11.5 Å². The maximum Gasteiger partial charge on any atom is 0.328 e. The molecule has 2 aromatic rings. The summed E-state index contributed by atoms with van der Waals surface area (Å²) in [5.41, 5.74) is 0. The van der Waals surface area contributed by atoms with Crippen LogP contribution >= 0.6 is 22.6 Å². The Morgan fingerprint density at radius 3 is 2.09 bits per heavy atom. The molecule has 0 aliphatic rings. The van der Waals surface area contributed by atoms with E-state index in [4.69, 9.17) is 14.6 Å². The minimum atomic E-state index is -0.989. The van der Waals surface area contributed by atoms with Gasteiger partial charge in [0.15, 0.2) is 0 Å². The van der Waals surface area contributed by atoms with Crippen LogP contribution in [0, 0.1) is 3.57 Å². The average Bonchev–Trinajstić information content (AvgIpc) is 2.49. The molecule has 114 valence electrons. The van der Waals surface area contributed by atoms with Crippen molar-refractivity contribution in [3.63, 3.8) is 0 Å². The predicted molar refractivity (Wildman–Crippen MR) is 92.5 cm³/mol. The minimum absolute atomic E-state index is 0.320. The zero-order valence-electron chi connectivity index (χ0n) is 11.9. The molecule has 0 fully saturated rings. The third kappa shape index (κ3) is 5.40. The van der Waals surface area contributed by atoms with Gasteiger partial charge in [0.2, 0.25) is 0 Å². The molecule has 0 aliphatic carbocycles. The highest BCUT2D eigenvalue weighted by atomic mass is 127. The van der Waals surface area contributed by atoms with Crippen molar-refractivity contribution in [3.05, 3.63) is 64.3 Å². The highest BCUT2D eigenvalue weighted by Crippen LogP contribution is 2.24. The molecule has 5 heteroatoms. The Bertz CT molecular complexity index is 647. The van der Waals surface area contributed by atoms with E-state index >= 15 is 0 Å².